The minimum atomic E-state index is -4.56. The maximum Gasteiger partial charge on any atom is 0.416 e. The number of carbonyl (C=O) groups is 1. The molecule has 0 radical (unpaired) electrons. The third-order valence-corrected chi connectivity index (χ3v) is 5.23. The Balaban J connectivity index is 1.82. The summed E-state index contributed by atoms with van der Waals surface area (Å²) in [6, 6.07) is 7.50. The molecule has 5 nitrogen and oxygen atoms in total. The van der Waals surface area contributed by atoms with Crippen LogP contribution in [0.1, 0.15) is 16.7 Å². The van der Waals surface area contributed by atoms with Crippen molar-refractivity contribution < 1.29 is 22.4 Å². The fraction of sp³-hybridized carbons (Fsp3) is 0.350. The molecule has 2 heterocycles. The summed E-state index contributed by atoms with van der Waals surface area (Å²) in [7, 11) is 0. The molecule has 0 atom stereocenters. The van der Waals surface area contributed by atoms with Crippen LogP contribution >= 0.6 is 0 Å². The molecule has 0 aliphatic carbocycles. The van der Waals surface area contributed by atoms with Gasteiger partial charge in [-0.2, -0.15) is 13.2 Å². The second-order valence-corrected chi connectivity index (χ2v) is 7.06. The Hall–Kier alpha value is -2.81. The fourth-order valence-corrected chi connectivity index (χ4v) is 3.74. The van der Waals surface area contributed by atoms with Crippen LogP contribution in [0.3, 0.4) is 0 Å². The minimum absolute atomic E-state index is 0.124. The van der Waals surface area contributed by atoms with Gasteiger partial charge in [-0.05, 0) is 18.2 Å². The van der Waals surface area contributed by atoms with Crippen molar-refractivity contribution in [2.45, 2.75) is 19.3 Å². The Morgan fingerprint density at radius 2 is 1.72 bits per heavy atom. The van der Waals surface area contributed by atoms with Gasteiger partial charge in [0, 0.05) is 49.5 Å². The maximum absolute atomic E-state index is 14.1. The largest absolute Gasteiger partial charge is 0.416 e. The molecule has 0 unspecified atom stereocenters. The van der Waals surface area contributed by atoms with E-state index in [0.717, 1.165) is 12.1 Å². The number of carbonyl (C=O) groups excluding carboxylic acids is 1. The molecule has 1 saturated heterocycles. The van der Waals surface area contributed by atoms with Gasteiger partial charge in [0.1, 0.15) is 5.82 Å². The number of piperazine rings is 1. The van der Waals surface area contributed by atoms with E-state index in [1.54, 1.807) is 6.07 Å². The highest BCUT2D eigenvalue weighted by Crippen LogP contribution is 2.41. The van der Waals surface area contributed by atoms with Crippen LogP contribution in [0.4, 0.5) is 33.7 Å². The van der Waals surface area contributed by atoms with Crippen molar-refractivity contribution in [3.05, 3.63) is 58.9 Å². The number of nitrogens with one attached hydrogen (secondary N) is 2. The minimum Gasteiger partial charge on any atom is -0.369 e. The molecule has 2 aromatic rings. The molecule has 2 aromatic carbocycles. The smallest absolute Gasteiger partial charge is 0.369 e. The van der Waals surface area contributed by atoms with Crippen molar-refractivity contribution in [1.82, 2.24) is 10.6 Å². The Morgan fingerprint density at radius 3 is 2.41 bits per heavy atom. The van der Waals surface area contributed by atoms with E-state index in [9.17, 15) is 22.4 Å². The molecule has 9 heteroatoms. The van der Waals surface area contributed by atoms with Crippen LogP contribution in [0.2, 0.25) is 0 Å². The van der Waals surface area contributed by atoms with Crippen molar-refractivity contribution in [3.8, 4) is 0 Å². The van der Waals surface area contributed by atoms with E-state index in [1.807, 2.05) is 4.90 Å². The van der Waals surface area contributed by atoms with Crippen LogP contribution in [0.15, 0.2) is 36.4 Å². The Bertz CT molecular complexity index is 925. The van der Waals surface area contributed by atoms with E-state index < -0.39 is 23.6 Å². The molecule has 0 bridgehead atoms. The molecular weight excluding hydrogens is 388 g/mol. The zero-order valence-electron chi connectivity index (χ0n) is 15.5. The lowest BCUT2D eigenvalue weighted by Gasteiger charge is -2.37. The summed E-state index contributed by atoms with van der Waals surface area (Å²) in [4.78, 5) is 15.6. The highest BCUT2D eigenvalue weighted by molar-refractivity contribution is 5.96. The van der Waals surface area contributed by atoms with Crippen LogP contribution < -0.4 is 20.4 Å². The molecular formula is C20H20F4N4O. The number of alkyl halides is 3. The van der Waals surface area contributed by atoms with Gasteiger partial charge in [-0.1, -0.05) is 18.2 Å². The van der Waals surface area contributed by atoms with Crippen molar-refractivity contribution in [2.24, 2.45) is 0 Å². The van der Waals surface area contributed by atoms with Gasteiger partial charge < -0.3 is 15.5 Å². The van der Waals surface area contributed by atoms with Gasteiger partial charge in [-0.25, -0.2) is 9.18 Å². The van der Waals surface area contributed by atoms with Crippen LogP contribution in [-0.2, 0) is 19.3 Å². The number of amides is 2. The molecule has 2 amide bonds. The van der Waals surface area contributed by atoms with Gasteiger partial charge in [0.15, 0.2) is 0 Å². The standard InChI is InChI=1S/C20H20F4N4O/c21-16-4-2-1-3-13(16)12-28-18-10-14(20(22,23)24)9-17(15(18)11-26-19(28)29)27-7-5-25-6-8-27/h1-4,9-10,25H,5-8,11-12H2,(H,26,29). The van der Waals surface area contributed by atoms with Gasteiger partial charge in [0.25, 0.3) is 0 Å². The van der Waals surface area contributed by atoms with Gasteiger partial charge in [0.2, 0.25) is 0 Å². The first kappa shape index (κ1) is 19.5. The second kappa shape index (κ2) is 7.55. The van der Waals surface area contributed by atoms with E-state index in [4.69, 9.17) is 0 Å². The Morgan fingerprint density at radius 1 is 1.03 bits per heavy atom. The Labute approximate surface area is 165 Å². The average molecular weight is 408 g/mol. The first-order chi connectivity index (χ1) is 13.8. The number of nitrogens with zero attached hydrogens (tertiary/aromatic N) is 2. The number of rotatable bonds is 3. The first-order valence-corrected chi connectivity index (χ1v) is 9.33. The lowest BCUT2D eigenvalue weighted by Crippen LogP contribution is -2.47. The van der Waals surface area contributed by atoms with Crippen LogP contribution in [0, 0.1) is 5.82 Å². The topological polar surface area (TPSA) is 47.6 Å². The molecule has 0 saturated carbocycles. The Kier molecular flexibility index (Phi) is 5.08. The van der Waals surface area contributed by atoms with Crippen molar-refractivity contribution in [1.29, 1.82) is 0 Å². The fourth-order valence-electron chi connectivity index (χ4n) is 3.74. The van der Waals surface area contributed by atoms with Crippen LogP contribution in [0.5, 0.6) is 0 Å². The van der Waals surface area contributed by atoms with Gasteiger partial charge >= 0.3 is 12.2 Å². The van der Waals surface area contributed by atoms with E-state index >= 15 is 0 Å². The zero-order chi connectivity index (χ0) is 20.6. The highest BCUT2D eigenvalue weighted by atomic mass is 19.4. The molecule has 1 fully saturated rings. The molecule has 154 valence electrons. The van der Waals surface area contributed by atoms with Gasteiger partial charge in [-0.3, -0.25) is 4.90 Å². The summed E-state index contributed by atoms with van der Waals surface area (Å²) >= 11 is 0. The van der Waals surface area contributed by atoms with Crippen molar-refractivity contribution in [3.63, 3.8) is 0 Å². The van der Waals surface area contributed by atoms with Crippen LogP contribution in [0.25, 0.3) is 0 Å². The second-order valence-electron chi connectivity index (χ2n) is 7.06. The third-order valence-electron chi connectivity index (χ3n) is 5.23. The highest BCUT2D eigenvalue weighted by Gasteiger charge is 2.36. The number of fused-ring (bicyclic) bond motifs is 1. The normalized spacial score (nSPS) is 17.2. The van der Waals surface area contributed by atoms with Gasteiger partial charge in [-0.15, -0.1) is 0 Å². The van der Waals surface area contributed by atoms with Crippen LogP contribution in [-0.4, -0.2) is 32.2 Å². The molecule has 2 N–H and O–H groups in total. The number of hydrogen-bond donors (Lipinski definition) is 2. The summed E-state index contributed by atoms with van der Waals surface area (Å²) in [5, 5.41) is 5.89. The predicted octanol–water partition coefficient (Wildman–Crippen LogP) is 3.48. The maximum atomic E-state index is 14.1. The SMILES string of the molecule is O=C1NCc2c(N3CCNCC3)cc(C(F)(F)F)cc2N1Cc1ccccc1F. The summed E-state index contributed by atoms with van der Waals surface area (Å²) in [5.41, 5.74) is 0.640. The number of halogens is 4. The van der Waals surface area contributed by atoms with E-state index in [1.165, 1.54) is 23.1 Å². The summed E-state index contributed by atoms with van der Waals surface area (Å²) in [6.45, 7) is 2.42. The molecule has 0 aromatic heterocycles. The number of hydrogen-bond acceptors (Lipinski definition) is 3. The quantitative estimate of drug-likeness (QED) is 0.765. The van der Waals surface area contributed by atoms with E-state index in [0.29, 0.717) is 37.4 Å². The third kappa shape index (κ3) is 3.87. The molecule has 2 aliphatic rings. The monoisotopic (exact) mass is 408 g/mol. The average Bonchev–Trinajstić information content (AvgIpc) is 2.70. The first-order valence-electron chi connectivity index (χ1n) is 9.33. The summed E-state index contributed by atoms with van der Waals surface area (Å²) in [6.07, 6.45) is -4.56. The van der Waals surface area contributed by atoms with Crippen molar-refractivity contribution in [2.75, 3.05) is 36.0 Å². The number of benzene rings is 2. The number of urea groups is 1. The molecule has 4 rings (SSSR count). The van der Waals surface area contributed by atoms with Gasteiger partial charge in [0.05, 0.1) is 17.8 Å². The molecule has 2 aliphatic heterocycles. The zero-order valence-corrected chi connectivity index (χ0v) is 15.5. The lowest BCUT2D eigenvalue weighted by atomic mass is 10.0. The van der Waals surface area contributed by atoms with Crippen molar-refractivity contribution >= 4 is 17.4 Å². The lowest BCUT2D eigenvalue weighted by molar-refractivity contribution is -0.137. The molecule has 0 spiro atoms. The summed E-state index contributed by atoms with van der Waals surface area (Å²) < 4.78 is 55.0. The van der Waals surface area contributed by atoms with E-state index in [2.05, 4.69) is 10.6 Å². The predicted molar refractivity (Wildman–Crippen MR) is 101 cm³/mol. The molecule has 29 heavy (non-hydrogen) atoms. The van der Waals surface area contributed by atoms with E-state index in [-0.39, 0.29) is 24.3 Å². The number of anilines is 2. The summed E-state index contributed by atoms with van der Waals surface area (Å²) in [5.74, 6) is -0.512.